The van der Waals surface area contributed by atoms with Crippen molar-refractivity contribution in [1.29, 1.82) is 0 Å². The quantitative estimate of drug-likeness (QED) is 0.556. The van der Waals surface area contributed by atoms with E-state index < -0.39 is 10.6 Å². The Kier molecular flexibility index (Phi) is 10.5. The molecule has 30 heavy (non-hydrogen) atoms. The highest BCUT2D eigenvalue weighted by Crippen LogP contribution is 2.18. The van der Waals surface area contributed by atoms with Gasteiger partial charge in [0, 0.05) is 38.8 Å². The molecular weight excluding hydrogens is 410 g/mol. The molecule has 166 valence electrons. The minimum absolute atomic E-state index is 0.157. The highest BCUT2D eigenvalue weighted by molar-refractivity contribution is 8.25. The van der Waals surface area contributed by atoms with Crippen LogP contribution >= 0.6 is 11.8 Å². The predicted octanol–water partition coefficient (Wildman–Crippen LogP) is 3.59. The molecule has 0 atom stereocenters. The molecular formula is C20H29N3O6S. The first kappa shape index (κ1) is 24.0. The van der Waals surface area contributed by atoms with Crippen LogP contribution in [0.15, 0.2) is 24.3 Å². The molecule has 3 rings (SSSR count). The molecule has 1 saturated carbocycles. The van der Waals surface area contributed by atoms with E-state index in [4.69, 9.17) is 14.9 Å². The van der Waals surface area contributed by atoms with Gasteiger partial charge in [-0.2, -0.15) is 0 Å². The van der Waals surface area contributed by atoms with E-state index in [9.17, 15) is 14.4 Å². The molecule has 10 heteroatoms. The molecule has 4 N–H and O–H groups in total. The Morgan fingerprint density at radius 3 is 2.17 bits per heavy atom. The first-order valence-corrected chi connectivity index (χ1v) is 10.9. The summed E-state index contributed by atoms with van der Waals surface area (Å²) in [6.07, 6.45) is 5.49. The summed E-state index contributed by atoms with van der Waals surface area (Å²) >= 11 is -0.157. The summed E-state index contributed by atoms with van der Waals surface area (Å²) < 4.78 is 5.39. The van der Waals surface area contributed by atoms with Gasteiger partial charge in [-0.1, -0.05) is 31.4 Å². The lowest BCUT2D eigenvalue weighted by molar-refractivity contribution is 0.192. The number of nitrogens with one attached hydrogen (secondary N) is 2. The van der Waals surface area contributed by atoms with Gasteiger partial charge in [-0.3, -0.25) is 4.90 Å². The van der Waals surface area contributed by atoms with Gasteiger partial charge in [0.15, 0.2) is 0 Å². The summed E-state index contributed by atoms with van der Waals surface area (Å²) in [7, 11) is 0. The number of carbonyl (C=O) groups is 3. The summed E-state index contributed by atoms with van der Waals surface area (Å²) in [5, 5.41) is 18.9. The van der Waals surface area contributed by atoms with Crippen molar-refractivity contribution >= 4 is 28.5 Å². The van der Waals surface area contributed by atoms with Crippen molar-refractivity contribution in [3.05, 3.63) is 29.8 Å². The molecule has 2 aliphatic rings. The monoisotopic (exact) mass is 439 g/mol. The zero-order valence-corrected chi connectivity index (χ0v) is 17.7. The number of hydrogen-bond donors (Lipinski definition) is 4. The fourth-order valence-electron chi connectivity index (χ4n) is 3.42. The van der Waals surface area contributed by atoms with Crippen LogP contribution in [0.1, 0.15) is 37.7 Å². The SMILES string of the molecule is O=C(NC1CCCCC1)Oc1ccc(CN2CCNCC2)cc1.O=C(O)SC(=O)O. The van der Waals surface area contributed by atoms with E-state index in [2.05, 4.69) is 15.5 Å². The minimum atomic E-state index is -1.40. The van der Waals surface area contributed by atoms with Gasteiger partial charge in [0.05, 0.1) is 11.8 Å². The fourth-order valence-corrected chi connectivity index (χ4v) is 3.56. The molecule has 0 spiro atoms. The van der Waals surface area contributed by atoms with Crippen molar-refractivity contribution < 1.29 is 29.3 Å². The number of thioether (sulfide) groups is 1. The number of piperazine rings is 1. The number of carbonyl (C=O) groups excluding carboxylic acids is 1. The maximum Gasteiger partial charge on any atom is 0.412 e. The van der Waals surface area contributed by atoms with Gasteiger partial charge < -0.3 is 25.6 Å². The molecule has 0 radical (unpaired) electrons. The molecule has 1 amide bonds. The molecule has 1 saturated heterocycles. The Bertz CT molecular complexity index is 676. The second kappa shape index (κ2) is 13.1. The van der Waals surface area contributed by atoms with Crippen LogP contribution < -0.4 is 15.4 Å². The number of rotatable bonds is 4. The average molecular weight is 440 g/mol. The van der Waals surface area contributed by atoms with E-state index in [1.807, 2.05) is 24.3 Å². The Morgan fingerprint density at radius 2 is 1.63 bits per heavy atom. The molecule has 1 aliphatic carbocycles. The van der Waals surface area contributed by atoms with E-state index >= 15 is 0 Å². The third-order valence-corrected chi connectivity index (χ3v) is 5.20. The third-order valence-electron chi connectivity index (χ3n) is 4.85. The lowest BCUT2D eigenvalue weighted by Crippen LogP contribution is -2.42. The van der Waals surface area contributed by atoms with Crippen LogP contribution in [0.5, 0.6) is 5.75 Å². The van der Waals surface area contributed by atoms with Crippen LogP contribution in [0, 0.1) is 0 Å². The molecule has 0 bridgehead atoms. The Morgan fingerprint density at radius 1 is 1.03 bits per heavy atom. The van der Waals surface area contributed by atoms with Crippen LogP contribution in [0.4, 0.5) is 14.4 Å². The van der Waals surface area contributed by atoms with Crippen LogP contribution in [-0.2, 0) is 6.54 Å². The lowest BCUT2D eigenvalue weighted by Gasteiger charge is -2.27. The summed E-state index contributed by atoms with van der Waals surface area (Å²) in [4.78, 5) is 33.2. The standard InChI is InChI=1S/C18H27N3O2.C2H2O4S/c22-18(20-16-4-2-1-3-5-16)23-17-8-6-15(7-9-17)14-21-12-10-19-11-13-21;3-1(4)7-2(5)6/h6-9,16,19H,1-5,10-14H2,(H,20,22);(H,3,4)(H,5,6). The third kappa shape index (κ3) is 9.95. The molecule has 0 aromatic heterocycles. The van der Waals surface area contributed by atoms with Crippen LogP contribution in [0.2, 0.25) is 0 Å². The number of benzene rings is 1. The highest BCUT2D eigenvalue weighted by atomic mass is 32.2. The summed E-state index contributed by atoms with van der Waals surface area (Å²) in [5.74, 6) is 0.613. The topological polar surface area (TPSA) is 128 Å². The number of hydrogen-bond acceptors (Lipinski definition) is 7. The smallest absolute Gasteiger partial charge is 0.412 e. The summed E-state index contributed by atoms with van der Waals surface area (Å²) in [6.45, 7) is 5.24. The number of ether oxygens (including phenoxy) is 1. The van der Waals surface area contributed by atoms with Crippen LogP contribution in [-0.4, -0.2) is 64.0 Å². The van der Waals surface area contributed by atoms with Gasteiger partial charge in [0.2, 0.25) is 0 Å². The summed E-state index contributed by atoms with van der Waals surface area (Å²) in [6, 6.07) is 8.15. The zero-order chi connectivity index (χ0) is 21.8. The van der Waals surface area contributed by atoms with Crippen LogP contribution in [0.25, 0.3) is 0 Å². The molecule has 1 aromatic carbocycles. The van der Waals surface area contributed by atoms with Gasteiger partial charge in [-0.15, -0.1) is 0 Å². The van der Waals surface area contributed by atoms with Gasteiger partial charge in [-0.05, 0) is 30.5 Å². The number of amides is 1. The van der Waals surface area contributed by atoms with Crippen molar-refractivity contribution in [3.63, 3.8) is 0 Å². The minimum Gasteiger partial charge on any atom is -0.473 e. The normalized spacial score (nSPS) is 17.3. The van der Waals surface area contributed by atoms with Gasteiger partial charge >= 0.3 is 16.7 Å². The van der Waals surface area contributed by atoms with E-state index in [1.54, 1.807) is 0 Å². The van der Waals surface area contributed by atoms with Gasteiger partial charge in [-0.25, -0.2) is 14.4 Å². The van der Waals surface area contributed by atoms with E-state index in [0.717, 1.165) is 45.6 Å². The first-order valence-electron chi connectivity index (χ1n) is 10.1. The molecule has 0 unspecified atom stereocenters. The van der Waals surface area contributed by atoms with Crippen molar-refractivity contribution in [3.8, 4) is 5.75 Å². The Hall–Kier alpha value is -2.30. The Balaban J connectivity index is 0.000000396. The highest BCUT2D eigenvalue weighted by Gasteiger charge is 2.17. The molecule has 1 heterocycles. The average Bonchev–Trinajstić information content (AvgIpc) is 2.70. The van der Waals surface area contributed by atoms with E-state index in [-0.39, 0.29) is 23.9 Å². The molecule has 9 nitrogen and oxygen atoms in total. The van der Waals surface area contributed by atoms with Crippen molar-refractivity contribution in [2.24, 2.45) is 0 Å². The van der Waals surface area contributed by atoms with Crippen molar-refractivity contribution in [2.75, 3.05) is 26.2 Å². The second-order valence-electron chi connectivity index (χ2n) is 7.17. The molecule has 2 fully saturated rings. The van der Waals surface area contributed by atoms with Gasteiger partial charge in [0.1, 0.15) is 5.75 Å². The molecule has 1 aliphatic heterocycles. The second-order valence-corrected chi connectivity index (χ2v) is 8.08. The van der Waals surface area contributed by atoms with Gasteiger partial charge in [0.25, 0.3) is 0 Å². The molecule has 1 aromatic rings. The zero-order valence-electron chi connectivity index (χ0n) is 16.8. The van der Waals surface area contributed by atoms with Crippen molar-refractivity contribution in [2.45, 2.75) is 44.7 Å². The fraction of sp³-hybridized carbons (Fsp3) is 0.550. The number of nitrogens with zero attached hydrogens (tertiary/aromatic N) is 1. The first-order chi connectivity index (χ1) is 14.4. The predicted molar refractivity (Wildman–Crippen MR) is 114 cm³/mol. The van der Waals surface area contributed by atoms with E-state index in [1.165, 1.54) is 24.8 Å². The Labute approximate surface area is 180 Å². The summed E-state index contributed by atoms with van der Waals surface area (Å²) in [5.41, 5.74) is 1.26. The van der Waals surface area contributed by atoms with E-state index in [0.29, 0.717) is 5.75 Å². The van der Waals surface area contributed by atoms with Crippen LogP contribution in [0.3, 0.4) is 0 Å². The largest absolute Gasteiger partial charge is 0.473 e. The maximum absolute atomic E-state index is 11.9. The van der Waals surface area contributed by atoms with Crippen molar-refractivity contribution in [1.82, 2.24) is 15.5 Å². The number of carboxylic acid groups (broad SMARTS) is 2. The maximum atomic E-state index is 11.9. The lowest BCUT2D eigenvalue weighted by atomic mass is 9.96.